The third-order valence-electron chi connectivity index (χ3n) is 2.81. The number of esters is 1. The number of rotatable bonds is 8. The fraction of sp³-hybridized carbons (Fsp3) is 0.250. The molecule has 2 aromatic rings. The van der Waals surface area contributed by atoms with E-state index in [1.165, 1.54) is 4.88 Å². The second-order valence-corrected chi connectivity index (χ2v) is 6.05. The SMILES string of the molecule is O=C(COC(=O)COc1ccc(Cl)cc1)NCCc1cccs1. The summed E-state index contributed by atoms with van der Waals surface area (Å²) in [6, 6.07) is 10.6. The van der Waals surface area contributed by atoms with E-state index in [0.717, 1.165) is 6.42 Å². The number of hydrogen-bond acceptors (Lipinski definition) is 5. The van der Waals surface area contributed by atoms with E-state index in [0.29, 0.717) is 17.3 Å². The lowest BCUT2D eigenvalue weighted by Gasteiger charge is -2.07. The van der Waals surface area contributed by atoms with Gasteiger partial charge in [-0.05, 0) is 42.1 Å². The lowest BCUT2D eigenvalue weighted by Crippen LogP contribution is -2.31. The van der Waals surface area contributed by atoms with Gasteiger partial charge in [-0.2, -0.15) is 0 Å². The van der Waals surface area contributed by atoms with Crippen LogP contribution in [0.1, 0.15) is 4.88 Å². The minimum absolute atomic E-state index is 0.260. The van der Waals surface area contributed by atoms with Crippen molar-refractivity contribution in [1.29, 1.82) is 0 Å². The molecule has 0 fully saturated rings. The molecule has 1 N–H and O–H groups in total. The van der Waals surface area contributed by atoms with Crippen LogP contribution >= 0.6 is 22.9 Å². The molecule has 122 valence electrons. The summed E-state index contributed by atoms with van der Waals surface area (Å²) in [6.45, 7) is -0.0600. The van der Waals surface area contributed by atoms with Gasteiger partial charge in [-0.1, -0.05) is 17.7 Å². The lowest BCUT2D eigenvalue weighted by atomic mass is 10.3. The minimum atomic E-state index is -0.603. The molecule has 0 radical (unpaired) electrons. The Bertz CT molecular complexity index is 628. The first-order chi connectivity index (χ1) is 11.1. The van der Waals surface area contributed by atoms with E-state index in [1.54, 1.807) is 35.6 Å². The largest absolute Gasteiger partial charge is 0.482 e. The number of nitrogens with one attached hydrogen (secondary N) is 1. The first kappa shape index (κ1) is 17.3. The Balaban J connectivity index is 1.58. The molecule has 0 unspecified atom stereocenters. The quantitative estimate of drug-likeness (QED) is 0.741. The molecule has 0 bridgehead atoms. The summed E-state index contributed by atoms with van der Waals surface area (Å²) in [5.41, 5.74) is 0. The molecule has 0 aliphatic heterocycles. The molecule has 5 nitrogen and oxygen atoms in total. The average molecular weight is 354 g/mol. The van der Waals surface area contributed by atoms with Crippen LogP contribution in [0, 0.1) is 0 Å². The van der Waals surface area contributed by atoms with Gasteiger partial charge < -0.3 is 14.8 Å². The number of ether oxygens (including phenoxy) is 2. The first-order valence-electron chi connectivity index (χ1n) is 6.96. The summed E-state index contributed by atoms with van der Waals surface area (Å²) in [4.78, 5) is 24.2. The number of carbonyl (C=O) groups excluding carboxylic acids is 2. The van der Waals surface area contributed by atoms with Crippen LogP contribution in [0.25, 0.3) is 0 Å². The highest BCUT2D eigenvalue weighted by atomic mass is 35.5. The fourth-order valence-corrected chi connectivity index (χ4v) is 2.53. The monoisotopic (exact) mass is 353 g/mol. The first-order valence-corrected chi connectivity index (χ1v) is 8.22. The van der Waals surface area contributed by atoms with Crippen LogP contribution < -0.4 is 10.1 Å². The molecule has 0 atom stereocenters. The highest BCUT2D eigenvalue weighted by Crippen LogP contribution is 2.15. The van der Waals surface area contributed by atoms with E-state index in [-0.39, 0.29) is 19.1 Å². The van der Waals surface area contributed by atoms with Crippen LogP contribution in [0.3, 0.4) is 0 Å². The molecular formula is C16H16ClNO4S. The predicted molar refractivity (Wildman–Crippen MR) is 88.9 cm³/mol. The summed E-state index contributed by atoms with van der Waals surface area (Å²) in [5, 5.41) is 5.26. The second-order valence-electron chi connectivity index (χ2n) is 4.58. The van der Waals surface area contributed by atoms with Gasteiger partial charge in [0.15, 0.2) is 13.2 Å². The summed E-state index contributed by atoms with van der Waals surface area (Å²) in [5.74, 6) is -0.429. The van der Waals surface area contributed by atoms with Crippen LogP contribution in [0.2, 0.25) is 5.02 Å². The van der Waals surface area contributed by atoms with Crippen LogP contribution in [-0.2, 0) is 20.7 Å². The van der Waals surface area contributed by atoms with E-state index >= 15 is 0 Å². The van der Waals surface area contributed by atoms with Crippen LogP contribution in [-0.4, -0.2) is 31.6 Å². The second kappa shape index (κ2) is 9.17. The molecule has 1 heterocycles. The Kier molecular flexibility index (Phi) is 6.90. The van der Waals surface area contributed by atoms with Gasteiger partial charge in [-0.15, -0.1) is 11.3 Å². The van der Waals surface area contributed by atoms with E-state index in [1.807, 2.05) is 17.5 Å². The zero-order valence-corrected chi connectivity index (χ0v) is 13.9. The molecule has 7 heteroatoms. The fourth-order valence-electron chi connectivity index (χ4n) is 1.69. The molecule has 0 aliphatic carbocycles. The van der Waals surface area contributed by atoms with Gasteiger partial charge in [0.1, 0.15) is 5.75 Å². The summed E-state index contributed by atoms with van der Waals surface area (Å²) >= 11 is 7.38. The van der Waals surface area contributed by atoms with E-state index in [2.05, 4.69) is 5.32 Å². The zero-order chi connectivity index (χ0) is 16.5. The Labute approximate surface area is 143 Å². The molecule has 0 spiro atoms. The van der Waals surface area contributed by atoms with Gasteiger partial charge in [0.2, 0.25) is 0 Å². The lowest BCUT2D eigenvalue weighted by molar-refractivity contribution is -0.150. The van der Waals surface area contributed by atoms with Crippen molar-refractivity contribution in [2.45, 2.75) is 6.42 Å². The van der Waals surface area contributed by atoms with E-state index in [9.17, 15) is 9.59 Å². The van der Waals surface area contributed by atoms with Crippen molar-refractivity contribution in [3.63, 3.8) is 0 Å². The number of carbonyl (C=O) groups is 2. The summed E-state index contributed by atoms with van der Waals surface area (Å²) < 4.78 is 10.1. The van der Waals surface area contributed by atoms with Crippen LogP contribution in [0.5, 0.6) is 5.75 Å². The molecule has 1 aromatic heterocycles. The maximum atomic E-state index is 11.5. The average Bonchev–Trinajstić information content (AvgIpc) is 3.06. The third-order valence-corrected chi connectivity index (χ3v) is 4.00. The minimum Gasteiger partial charge on any atom is -0.482 e. The van der Waals surface area contributed by atoms with Crippen LogP contribution in [0.15, 0.2) is 41.8 Å². The Morgan fingerprint density at radius 1 is 1.13 bits per heavy atom. The van der Waals surface area contributed by atoms with Crippen molar-refractivity contribution in [3.8, 4) is 5.75 Å². The third kappa shape index (κ3) is 6.71. The number of benzene rings is 1. The van der Waals surface area contributed by atoms with Gasteiger partial charge in [0, 0.05) is 16.4 Å². The maximum absolute atomic E-state index is 11.5. The molecule has 23 heavy (non-hydrogen) atoms. The Morgan fingerprint density at radius 2 is 1.91 bits per heavy atom. The summed E-state index contributed by atoms with van der Waals surface area (Å²) in [7, 11) is 0. The normalized spacial score (nSPS) is 10.1. The van der Waals surface area contributed by atoms with Crippen LogP contribution in [0.4, 0.5) is 0 Å². The molecule has 2 rings (SSSR count). The number of halogens is 1. The maximum Gasteiger partial charge on any atom is 0.344 e. The highest BCUT2D eigenvalue weighted by molar-refractivity contribution is 7.09. The molecular weight excluding hydrogens is 338 g/mol. The Hall–Kier alpha value is -2.05. The number of amides is 1. The molecule has 1 aromatic carbocycles. The van der Waals surface area contributed by atoms with Gasteiger partial charge >= 0.3 is 5.97 Å². The van der Waals surface area contributed by atoms with Crippen molar-refractivity contribution in [1.82, 2.24) is 5.32 Å². The molecule has 0 aliphatic rings. The zero-order valence-electron chi connectivity index (χ0n) is 12.3. The Morgan fingerprint density at radius 3 is 2.61 bits per heavy atom. The summed E-state index contributed by atoms with van der Waals surface area (Å²) in [6.07, 6.45) is 0.761. The molecule has 0 saturated carbocycles. The topological polar surface area (TPSA) is 64.6 Å². The van der Waals surface area contributed by atoms with E-state index in [4.69, 9.17) is 21.1 Å². The van der Waals surface area contributed by atoms with Crippen molar-refractivity contribution in [2.24, 2.45) is 0 Å². The van der Waals surface area contributed by atoms with Crippen molar-refractivity contribution >= 4 is 34.8 Å². The van der Waals surface area contributed by atoms with Crippen molar-refractivity contribution in [2.75, 3.05) is 19.8 Å². The van der Waals surface area contributed by atoms with Crippen molar-refractivity contribution in [3.05, 3.63) is 51.7 Å². The molecule has 0 saturated heterocycles. The van der Waals surface area contributed by atoms with Gasteiger partial charge in [0.25, 0.3) is 5.91 Å². The van der Waals surface area contributed by atoms with E-state index < -0.39 is 5.97 Å². The van der Waals surface area contributed by atoms with Gasteiger partial charge in [-0.3, -0.25) is 4.79 Å². The predicted octanol–water partition coefficient (Wildman–Crippen LogP) is 2.68. The van der Waals surface area contributed by atoms with Crippen molar-refractivity contribution < 1.29 is 19.1 Å². The molecule has 1 amide bonds. The smallest absolute Gasteiger partial charge is 0.344 e. The number of thiophene rings is 1. The standard InChI is InChI=1S/C16H16ClNO4S/c17-12-3-5-13(6-4-12)21-11-16(20)22-10-15(19)18-8-7-14-2-1-9-23-14/h1-6,9H,7-8,10-11H2,(H,18,19). The highest BCUT2D eigenvalue weighted by Gasteiger charge is 2.08. The number of hydrogen-bond donors (Lipinski definition) is 1. The van der Waals surface area contributed by atoms with Gasteiger partial charge in [-0.25, -0.2) is 4.79 Å². The van der Waals surface area contributed by atoms with Gasteiger partial charge in [0.05, 0.1) is 0 Å².